The van der Waals surface area contributed by atoms with Crippen molar-refractivity contribution < 1.29 is 29.4 Å². The van der Waals surface area contributed by atoms with Crippen LogP contribution in [0.3, 0.4) is 0 Å². The molecule has 0 aliphatic rings. The normalized spacial score (nSPS) is 12.7. The van der Waals surface area contributed by atoms with Gasteiger partial charge in [-0.25, -0.2) is 0 Å². The van der Waals surface area contributed by atoms with Crippen molar-refractivity contribution in [1.82, 2.24) is 5.32 Å². The van der Waals surface area contributed by atoms with Crippen molar-refractivity contribution in [3.63, 3.8) is 0 Å². The molecular weight excluding hydrogens is 472 g/mol. The van der Waals surface area contributed by atoms with E-state index in [0.29, 0.717) is 25.8 Å². The number of carboxylic acids is 1. The van der Waals surface area contributed by atoms with Crippen LogP contribution in [0.4, 0.5) is 0 Å². The minimum Gasteiger partial charge on any atom is -0.481 e. The van der Waals surface area contributed by atoms with Gasteiger partial charge in [-0.2, -0.15) is 0 Å². The number of rotatable bonds is 27. The number of aliphatic carboxylic acids is 1. The van der Waals surface area contributed by atoms with Crippen molar-refractivity contribution in [3.8, 4) is 0 Å². The topological polar surface area (TPSA) is 147 Å². The van der Waals surface area contributed by atoms with Crippen molar-refractivity contribution in [2.45, 2.75) is 135 Å². The quantitative estimate of drug-likeness (QED) is 0.107. The molecule has 2 atom stereocenters. The number of nitrogens with one attached hydrogen (secondary N) is 1. The summed E-state index contributed by atoms with van der Waals surface area (Å²) >= 11 is 0. The summed E-state index contributed by atoms with van der Waals surface area (Å²) in [6.07, 6.45) is 19.5. The van der Waals surface area contributed by atoms with Crippen LogP contribution >= 0.6 is 0 Å². The third-order valence-electron chi connectivity index (χ3n) is 7.05. The van der Waals surface area contributed by atoms with Gasteiger partial charge in [0.15, 0.2) is 0 Å². The Labute approximate surface area is 224 Å². The van der Waals surface area contributed by atoms with E-state index >= 15 is 0 Å². The number of carbonyl (C=O) groups is 4. The summed E-state index contributed by atoms with van der Waals surface area (Å²) < 4.78 is 0. The molecule has 0 fully saturated rings. The zero-order valence-corrected chi connectivity index (χ0v) is 23.3. The molecule has 0 unspecified atom stereocenters. The predicted molar refractivity (Wildman–Crippen MR) is 147 cm³/mol. The molecule has 8 nitrogen and oxygen atoms in total. The molecule has 0 rings (SSSR count). The molecule has 0 aromatic heterocycles. The largest absolute Gasteiger partial charge is 0.481 e. The van der Waals surface area contributed by atoms with Crippen molar-refractivity contribution in [2.24, 2.45) is 17.6 Å². The lowest BCUT2D eigenvalue weighted by molar-refractivity contribution is -0.137. The van der Waals surface area contributed by atoms with E-state index in [2.05, 4.69) is 5.32 Å². The molecule has 0 radical (unpaired) electrons. The zero-order chi connectivity index (χ0) is 27.7. The summed E-state index contributed by atoms with van der Waals surface area (Å²) in [5.74, 6) is -2.28. The fraction of sp³-hybridized carbons (Fsp3) is 0.862. The fourth-order valence-electron chi connectivity index (χ4n) is 4.43. The molecule has 0 aromatic carbocycles. The second kappa shape index (κ2) is 24.4. The number of primary amides is 1. The van der Waals surface area contributed by atoms with Crippen molar-refractivity contribution in [2.75, 3.05) is 13.2 Å². The summed E-state index contributed by atoms with van der Waals surface area (Å²) in [7, 11) is 0. The van der Waals surface area contributed by atoms with Gasteiger partial charge in [0.05, 0.1) is 12.5 Å². The van der Waals surface area contributed by atoms with Crippen molar-refractivity contribution in [1.29, 1.82) is 0 Å². The molecule has 0 aliphatic carbocycles. The van der Waals surface area contributed by atoms with Gasteiger partial charge in [0.2, 0.25) is 11.8 Å². The number of aliphatic hydroxyl groups excluding tert-OH is 1. The van der Waals surface area contributed by atoms with E-state index in [-0.39, 0.29) is 24.0 Å². The number of carboxylic acid groups (broad SMARTS) is 1. The molecule has 0 aromatic rings. The van der Waals surface area contributed by atoms with Crippen molar-refractivity contribution in [3.05, 3.63) is 0 Å². The Morgan fingerprint density at radius 3 is 1.59 bits per heavy atom. The highest BCUT2D eigenvalue weighted by molar-refractivity contribution is 5.87. The summed E-state index contributed by atoms with van der Waals surface area (Å²) in [4.78, 5) is 45.7. The number of hydrogen-bond donors (Lipinski definition) is 4. The maximum atomic E-state index is 12.1. The van der Waals surface area contributed by atoms with Crippen LogP contribution in [0.15, 0.2) is 0 Å². The first-order valence-electron chi connectivity index (χ1n) is 14.7. The van der Waals surface area contributed by atoms with Gasteiger partial charge < -0.3 is 21.3 Å². The smallest absolute Gasteiger partial charge is 0.303 e. The molecule has 0 saturated carbocycles. The van der Waals surface area contributed by atoms with E-state index in [1.54, 1.807) is 0 Å². The molecule has 2 amide bonds. The Kier molecular flexibility index (Phi) is 23.1. The first kappa shape index (κ1) is 35.0. The molecule has 0 bridgehead atoms. The number of Topliss-reactive ketones (excluding diaryl/α,β-unsaturated/α-hetero) is 1. The Bertz CT molecular complexity index is 626. The Morgan fingerprint density at radius 2 is 1.16 bits per heavy atom. The maximum absolute atomic E-state index is 12.1. The summed E-state index contributed by atoms with van der Waals surface area (Å²) in [6.45, 7) is 2.04. The number of amides is 2. The van der Waals surface area contributed by atoms with E-state index in [9.17, 15) is 19.2 Å². The number of unbranched alkanes of at least 4 members (excludes halogenated alkanes) is 14. The minimum atomic E-state index is -0.801. The van der Waals surface area contributed by atoms with Gasteiger partial charge in [0.25, 0.3) is 0 Å². The standard InChI is InChI=1S/C29H54N2O6/c1-24(26(33)22-25(23-32)29(30)37)18-16-17-21-31-27(34)19-14-12-10-8-6-4-2-3-5-7-9-11-13-15-20-28(35)36/h24-25,32H,2-23H2,1H3,(H2,30,37)(H,31,34)(H,35,36)/t24-,25+/m1/s1. The van der Waals surface area contributed by atoms with E-state index in [1.165, 1.54) is 57.8 Å². The van der Waals surface area contributed by atoms with E-state index in [1.807, 2.05) is 6.92 Å². The zero-order valence-electron chi connectivity index (χ0n) is 23.3. The third kappa shape index (κ3) is 22.9. The lowest BCUT2D eigenvalue weighted by Gasteiger charge is -2.14. The SMILES string of the molecule is C[C@H](CCCCNC(=O)CCCCCCCCCCCCCCCCC(=O)O)C(=O)C[C@@H](CO)C(N)=O. The summed E-state index contributed by atoms with van der Waals surface area (Å²) in [6, 6.07) is 0. The van der Waals surface area contributed by atoms with Crippen molar-refractivity contribution >= 4 is 23.6 Å². The van der Waals surface area contributed by atoms with Gasteiger partial charge in [0.1, 0.15) is 5.78 Å². The fourth-order valence-corrected chi connectivity index (χ4v) is 4.43. The monoisotopic (exact) mass is 526 g/mol. The number of hydrogen-bond acceptors (Lipinski definition) is 5. The van der Waals surface area contributed by atoms with Crippen LogP contribution in [0.25, 0.3) is 0 Å². The van der Waals surface area contributed by atoms with Crippen LogP contribution in [0.5, 0.6) is 0 Å². The lowest BCUT2D eigenvalue weighted by Crippen LogP contribution is -2.30. The van der Waals surface area contributed by atoms with Crippen LogP contribution in [-0.2, 0) is 19.2 Å². The number of nitrogens with two attached hydrogens (primary N) is 1. The molecule has 0 spiro atoms. The molecule has 5 N–H and O–H groups in total. The van der Waals surface area contributed by atoms with Gasteiger partial charge in [-0.05, 0) is 25.7 Å². The second-order valence-electron chi connectivity index (χ2n) is 10.5. The second-order valence-corrected chi connectivity index (χ2v) is 10.5. The van der Waals surface area contributed by atoms with Gasteiger partial charge in [-0.1, -0.05) is 90.4 Å². The Balaban J connectivity index is 3.43. The molecule has 37 heavy (non-hydrogen) atoms. The highest BCUT2D eigenvalue weighted by Crippen LogP contribution is 2.15. The Hall–Kier alpha value is -1.96. The van der Waals surface area contributed by atoms with E-state index in [0.717, 1.165) is 44.9 Å². The molecule has 0 heterocycles. The van der Waals surface area contributed by atoms with Crippen LogP contribution < -0.4 is 11.1 Å². The number of ketones is 1. The minimum absolute atomic E-state index is 0.0103. The van der Waals surface area contributed by atoms with Crippen LogP contribution in [-0.4, -0.2) is 46.9 Å². The first-order valence-corrected chi connectivity index (χ1v) is 14.7. The summed E-state index contributed by atoms with van der Waals surface area (Å²) in [5, 5.41) is 20.7. The van der Waals surface area contributed by atoms with Gasteiger partial charge in [-0.15, -0.1) is 0 Å². The van der Waals surface area contributed by atoms with Gasteiger partial charge >= 0.3 is 5.97 Å². The molecule has 0 saturated heterocycles. The van der Waals surface area contributed by atoms with Gasteiger partial charge in [-0.3, -0.25) is 19.2 Å². The van der Waals surface area contributed by atoms with Crippen LogP contribution in [0.1, 0.15) is 135 Å². The number of aliphatic hydroxyl groups is 1. The predicted octanol–water partition coefficient (Wildman–Crippen LogP) is 5.29. The average Bonchev–Trinajstić information content (AvgIpc) is 2.86. The molecule has 0 aliphatic heterocycles. The Morgan fingerprint density at radius 1 is 0.703 bits per heavy atom. The highest BCUT2D eigenvalue weighted by Gasteiger charge is 2.21. The molecule has 8 heteroatoms. The maximum Gasteiger partial charge on any atom is 0.303 e. The van der Waals surface area contributed by atoms with E-state index < -0.39 is 24.4 Å². The first-order chi connectivity index (χ1) is 17.8. The van der Waals surface area contributed by atoms with E-state index in [4.69, 9.17) is 15.9 Å². The summed E-state index contributed by atoms with van der Waals surface area (Å²) in [5.41, 5.74) is 5.17. The molecular formula is C29H54N2O6. The van der Waals surface area contributed by atoms with Gasteiger partial charge in [0, 0.05) is 31.7 Å². The molecule has 216 valence electrons. The lowest BCUT2D eigenvalue weighted by atomic mass is 9.92. The average molecular weight is 527 g/mol. The third-order valence-corrected chi connectivity index (χ3v) is 7.05. The van der Waals surface area contributed by atoms with Crippen LogP contribution in [0.2, 0.25) is 0 Å². The number of carbonyl (C=O) groups excluding carboxylic acids is 3. The highest BCUT2D eigenvalue weighted by atomic mass is 16.4. The van der Waals surface area contributed by atoms with Crippen LogP contribution in [0, 0.1) is 11.8 Å².